The van der Waals surface area contributed by atoms with E-state index in [1.807, 2.05) is 0 Å². The van der Waals surface area contributed by atoms with Crippen LogP contribution in [0.4, 0.5) is 13.2 Å². The summed E-state index contributed by atoms with van der Waals surface area (Å²) in [6.07, 6.45) is -1.12. The van der Waals surface area contributed by atoms with E-state index in [-0.39, 0.29) is 6.42 Å². The van der Waals surface area contributed by atoms with Crippen molar-refractivity contribution in [1.29, 1.82) is 0 Å². The van der Waals surface area contributed by atoms with Crippen LogP contribution in [0.3, 0.4) is 0 Å². The number of nitrogens with one attached hydrogen (secondary N) is 1. The normalized spacial score (nSPS) is 29.9. The van der Waals surface area contributed by atoms with E-state index in [4.69, 9.17) is 4.74 Å². The lowest BCUT2D eigenvalue weighted by atomic mass is 10.1. The van der Waals surface area contributed by atoms with Crippen LogP contribution in [0.2, 0.25) is 0 Å². The molecule has 8 heteroatoms. The summed E-state index contributed by atoms with van der Waals surface area (Å²) in [6.45, 7) is 2.61. The zero-order valence-corrected chi connectivity index (χ0v) is 10.9. The molecule has 5 nitrogen and oxygen atoms in total. The summed E-state index contributed by atoms with van der Waals surface area (Å²) >= 11 is 0. The van der Waals surface area contributed by atoms with E-state index < -0.39 is 18.1 Å². The second kappa shape index (κ2) is 5.33. The number of nitrogens with zero attached hydrogens (tertiary/aromatic N) is 3. The molecule has 1 aromatic rings. The van der Waals surface area contributed by atoms with E-state index in [0.717, 1.165) is 26.2 Å². The second-order valence-corrected chi connectivity index (χ2v) is 5.53. The van der Waals surface area contributed by atoms with Crippen molar-refractivity contribution in [3.8, 4) is 0 Å². The van der Waals surface area contributed by atoms with Gasteiger partial charge in [0.15, 0.2) is 0 Å². The summed E-state index contributed by atoms with van der Waals surface area (Å²) in [6, 6.07) is -0.469. The van der Waals surface area contributed by atoms with Crippen molar-refractivity contribution in [1.82, 2.24) is 20.3 Å². The first-order valence-electron chi connectivity index (χ1n) is 6.79. The first-order valence-corrected chi connectivity index (χ1v) is 6.79. The minimum Gasteiger partial charge on any atom is -0.381 e. The van der Waals surface area contributed by atoms with Gasteiger partial charge in [0.1, 0.15) is 0 Å². The Kier molecular flexibility index (Phi) is 3.68. The van der Waals surface area contributed by atoms with Gasteiger partial charge in [-0.3, -0.25) is 4.68 Å². The number of halogens is 3. The summed E-state index contributed by atoms with van der Waals surface area (Å²) in [5.74, 6) is -0.747. The molecule has 20 heavy (non-hydrogen) atoms. The fourth-order valence-corrected chi connectivity index (χ4v) is 2.52. The van der Waals surface area contributed by atoms with Gasteiger partial charge in [0.25, 0.3) is 0 Å². The number of alkyl halides is 3. The molecule has 0 bridgehead atoms. The molecule has 1 saturated heterocycles. The molecular formula is C12H17F3N4O. The van der Waals surface area contributed by atoms with Gasteiger partial charge in [0, 0.05) is 37.9 Å². The van der Waals surface area contributed by atoms with Crippen LogP contribution in [0.5, 0.6) is 0 Å². The van der Waals surface area contributed by atoms with E-state index >= 15 is 0 Å². The Morgan fingerprint density at radius 3 is 2.95 bits per heavy atom. The van der Waals surface area contributed by atoms with Crippen LogP contribution >= 0.6 is 0 Å². The van der Waals surface area contributed by atoms with Crippen LogP contribution in [0.15, 0.2) is 6.20 Å². The van der Waals surface area contributed by atoms with Crippen molar-refractivity contribution in [2.75, 3.05) is 13.2 Å². The monoisotopic (exact) mass is 290 g/mol. The fourth-order valence-electron chi connectivity index (χ4n) is 2.52. The second-order valence-electron chi connectivity index (χ2n) is 5.53. The van der Waals surface area contributed by atoms with E-state index in [2.05, 4.69) is 15.6 Å². The number of hydrogen-bond acceptors (Lipinski definition) is 4. The van der Waals surface area contributed by atoms with E-state index in [1.54, 1.807) is 10.9 Å². The van der Waals surface area contributed by atoms with Crippen molar-refractivity contribution in [2.24, 2.45) is 11.8 Å². The molecule has 2 heterocycles. The molecule has 1 aliphatic heterocycles. The van der Waals surface area contributed by atoms with Gasteiger partial charge >= 0.3 is 6.18 Å². The lowest BCUT2D eigenvalue weighted by Gasteiger charge is -2.06. The highest BCUT2D eigenvalue weighted by Crippen LogP contribution is 2.44. The average Bonchev–Trinajstić information content (AvgIpc) is 2.80. The molecule has 1 aromatic heterocycles. The standard InChI is InChI=1S/C12H17F3N4O/c13-12(14,15)10-3-11(10)16-4-9-6-19(18-17-9)5-8-1-2-20-7-8/h6,8,10-11,16H,1-5,7H2/t8?,10-,11-/m1/s1. The minimum atomic E-state index is -4.09. The molecule has 1 aliphatic carbocycles. The molecule has 3 atom stereocenters. The molecule has 2 aliphatic rings. The van der Waals surface area contributed by atoms with Gasteiger partial charge in [-0.25, -0.2) is 0 Å². The van der Waals surface area contributed by atoms with Crippen LogP contribution in [0, 0.1) is 11.8 Å². The Balaban J connectivity index is 1.44. The summed E-state index contributed by atoms with van der Waals surface area (Å²) in [5, 5.41) is 10.8. The lowest BCUT2D eigenvalue weighted by Crippen LogP contribution is -2.23. The Morgan fingerprint density at radius 1 is 1.45 bits per heavy atom. The molecule has 0 spiro atoms. The third-order valence-corrected chi connectivity index (χ3v) is 3.81. The van der Waals surface area contributed by atoms with Gasteiger partial charge in [-0.15, -0.1) is 5.10 Å². The molecule has 112 valence electrons. The zero-order valence-electron chi connectivity index (χ0n) is 10.9. The van der Waals surface area contributed by atoms with Gasteiger partial charge < -0.3 is 10.1 Å². The van der Waals surface area contributed by atoms with E-state index in [0.29, 0.717) is 18.2 Å². The van der Waals surface area contributed by atoms with Gasteiger partial charge in [0.05, 0.1) is 18.2 Å². The number of rotatable bonds is 5. The van der Waals surface area contributed by atoms with Crippen LogP contribution in [-0.4, -0.2) is 40.4 Å². The van der Waals surface area contributed by atoms with Gasteiger partial charge in [-0.2, -0.15) is 13.2 Å². The van der Waals surface area contributed by atoms with Crippen LogP contribution < -0.4 is 5.32 Å². The predicted molar refractivity (Wildman–Crippen MR) is 63.7 cm³/mol. The predicted octanol–water partition coefficient (Wildman–Crippen LogP) is 1.35. The van der Waals surface area contributed by atoms with Crippen molar-refractivity contribution in [2.45, 2.75) is 38.1 Å². The Labute approximate surface area is 114 Å². The third-order valence-electron chi connectivity index (χ3n) is 3.81. The van der Waals surface area contributed by atoms with Gasteiger partial charge in [-0.05, 0) is 12.8 Å². The maximum atomic E-state index is 12.4. The number of ether oxygens (including phenoxy) is 1. The van der Waals surface area contributed by atoms with E-state index in [1.165, 1.54) is 0 Å². The SMILES string of the molecule is FC(F)(F)[C@@H]1C[C@H]1NCc1cn(CC2CCOC2)nn1. The number of hydrogen-bond donors (Lipinski definition) is 1. The van der Waals surface area contributed by atoms with Crippen molar-refractivity contribution in [3.05, 3.63) is 11.9 Å². The topological polar surface area (TPSA) is 52.0 Å². The molecule has 0 amide bonds. The molecule has 2 fully saturated rings. The molecule has 1 N–H and O–H groups in total. The molecule has 1 saturated carbocycles. The number of aromatic nitrogens is 3. The fraction of sp³-hybridized carbons (Fsp3) is 0.833. The van der Waals surface area contributed by atoms with Crippen LogP contribution in [0.25, 0.3) is 0 Å². The van der Waals surface area contributed by atoms with Crippen molar-refractivity contribution >= 4 is 0 Å². The Morgan fingerprint density at radius 2 is 2.30 bits per heavy atom. The maximum Gasteiger partial charge on any atom is 0.393 e. The third kappa shape index (κ3) is 3.29. The summed E-state index contributed by atoms with van der Waals surface area (Å²) in [4.78, 5) is 0. The van der Waals surface area contributed by atoms with Crippen LogP contribution in [0.1, 0.15) is 18.5 Å². The van der Waals surface area contributed by atoms with Gasteiger partial charge in [0.2, 0.25) is 0 Å². The van der Waals surface area contributed by atoms with Gasteiger partial charge in [-0.1, -0.05) is 5.21 Å². The molecule has 3 rings (SSSR count). The van der Waals surface area contributed by atoms with E-state index in [9.17, 15) is 13.2 Å². The summed E-state index contributed by atoms with van der Waals surface area (Å²) in [7, 11) is 0. The highest BCUT2D eigenvalue weighted by molar-refractivity contribution is 5.00. The molecule has 0 aromatic carbocycles. The molecule has 0 radical (unpaired) electrons. The highest BCUT2D eigenvalue weighted by atomic mass is 19.4. The highest BCUT2D eigenvalue weighted by Gasteiger charge is 2.55. The molecule has 1 unspecified atom stereocenters. The lowest BCUT2D eigenvalue weighted by molar-refractivity contribution is -0.149. The van der Waals surface area contributed by atoms with Crippen molar-refractivity contribution in [3.63, 3.8) is 0 Å². The molecular weight excluding hydrogens is 273 g/mol. The smallest absolute Gasteiger partial charge is 0.381 e. The first kappa shape index (κ1) is 13.8. The first-order chi connectivity index (χ1) is 9.52. The zero-order chi connectivity index (χ0) is 14.2. The maximum absolute atomic E-state index is 12.4. The average molecular weight is 290 g/mol. The minimum absolute atomic E-state index is 0.164. The quantitative estimate of drug-likeness (QED) is 0.889. The summed E-state index contributed by atoms with van der Waals surface area (Å²) in [5.41, 5.74) is 0.678. The Bertz CT molecular complexity index is 456. The summed E-state index contributed by atoms with van der Waals surface area (Å²) < 4.78 is 44.1. The van der Waals surface area contributed by atoms with Crippen LogP contribution in [-0.2, 0) is 17.8 Å². The largest absolute Gasteiger partial charge is 0.393 e. The Hall–Kier alpha value is -1.15. The van der Waals surface area contributed by atoms with Crippen molar-refractivity contribution < 1.29 is 17.9 Å².